The number of piperidine rings is 3. The first kappa shape index (κ1) is 29.6. The summed E-state index contributed by atoms with van der Waals surface area (Å²) >= 11 is 5.79. The number of rotatable bonds is 3. The quantitative estimate of drug-likeness (QED) is 0.371. The van der Waals surface area contributed by atoms with Crippen LogP contribution in [-0.4, -0.2) is 75.0 Å². The number of likely N-dealkylation sites (tertiary alicyclic amines) is 2. The first-order valence-electron chi connectivity index (χ1n) is 13.4. The molecule has 3 heterocycles. The fourth-order valence-corrected chi connectivity index (χ4v) is 6.25. The van der Waals surface area contributed by atoms with E-state index in [1.807, 2.05) is 52.8 Å². The van der Waals surface area contributed by atoms with Gasteiger partial charge in [0.2, 0.25) is 0 Å². The van der Waals surface area contributed by atoms with Crippen molar-refractivity contribution in [3.63, 3.8) is 0 Å². The number of carbonyl (C=O) groups excluding carboxylic acids is 1. The number of halogens is 1. The van der Waals surface area contributed by atoms with Crippen molar-refractivity contribution in [1.29, 1.82) is 0 Å². The minimum absolute atomic E-state index is 0.614. The molecule has 2 aromatic carbocycles. The van der Waals surface area contributed by atoms with Crippen LogP contribution in [0.15, 0.2) is 65.6 Å². The smallest absolute Gasteiger partial charge is 0.306 e. The van der Waals surface area contributed by atoms with E-state index in [-0.39, 0.29) is 0 Å². The Hall–Kier alpha value is -1.97. The summed E-state index contributed by atoms with van der Waals surface area (Å²) < 4.78 is 14.1. The van der Waals surface area contributed by atoms with Crippen LogP contribution in [0.25, 0.3) is 0 Å². The van der Waals surface area contributed by atoms with E-state index in [0.717, 1.165) is 43.7 Å². The Morgan fingerprint density at radius 1 is 0.784 bits per heavy atom. The van der Waals surface area contributed by atoms with Crippen LogP contribution in [0.1, 0.15) is 51.4 Å². The molecule has 0 radical (unpaired) electrons. The molecule has 9 heteroatoms. The molecule has 0 bridgehead atoms. The molecule has 1 N–H and O–H groups in total. The van der Waals surface area contributed by atoms with E-state index in [0.29, 0.717) is 24.2 Å². The van der Waals surface area contributed by atoms with E-state index in [9.17, 15) is 9.00 Å². The number of benzene rings is 2. The standard InChI is InChI=1S/C11H14ClNOS.C11H20N2O3.C6H6/c12-10-4-6-11(7-5-10)15(14)13-8-2-1-3-9-13;14-11(16-15)13-8-4-10(5-9-13)12-6-2-1-3-7-12;1-2-4-6-5-3-1/h4-7H,1-3,8-9H2;10,15H,1-9H2;1-6H. The second kappa shape index (κ2) is 16.8. The molecule has 1 amide bonds. The van der Waals surface area contributed by atoms with Gasteiger partial charge in [0.05, 0.1) is 4.90 Å². The highest BCUT2D eigenvalue weighted by molar-refractivity contribution is 7.82. The molecule has 1 atom stereocenters. The molecular formula is C28H40ClN3O4S. The topological polar surface area (TPSA) is 73.3 Å². The second-order valence-electron chi connectivity index (χ2n) is 9.52. The Balaban J connectivity index is 0.000000169. The van der Waals surface area contributed by atoms with Crippen molar-refractivity contribution in [2.45, 2.75) is 62.3 Å². The fraction of sp³-hybridized carbons (Fsp3) is 0.536. The molecule has 0 aliphatic carbocycles. The largest absolute Gasteiger partial charge is 0.441 e. The van der Waals surface area contributed by atoms with Crippen molar-refractivity contribution in [1.82, 2.24) is 14.1 Å². The molecule has 0 saturated carbocycles. The molecule has 37 heavy (non-hydrogen) atoms. The fourth-order valence-electron chi connectivity index (χ4n) is 4.87. The van der Waals surface area contributed by atoms with Gasteiger partial charge in [-0.3, -0.25) is 4.89 Å². The van der Waals surface area contributed by atoms with Gasteiger partial charge in [-0.1, -0.05) is 60.8 Å². The second-order valence-corrected chi connectivity index (χ2v) is 11.4. The van der Waals surface area contributed by atoms with Crippen LogP contribution in [0.4, 0.5) is 4.79 Å². The van der Waals surface area contributed by atoms with E-state index in [1.54, 1.807) is 17.0 Å². The van der Waals surface area contributed by atoms with Gasteiger partial charge in [0.25, 0.3) is 0 Å². The summed E-state index contributed by atoms with van der Waals surface area (Å²) in [7, 11) is -1.00. The normalized spacial score (nSPS) is 20.0. The minimum Gasteiger partial charge on any atom is -0.306 e. The first-order valence-corrected chi connectivity index (χ1v) is 14.8. The Bertz CT molecular complexity index is 888. The lowest BCUT2D eigenvalue weighted by Gasteiger charge is -2.39. The maximum atomic E-state index is 12.1. The maximum absolute atomic E-state index is 12.1. The van der Waals surface area contributed by atoms with Gasteiger partial charge in [0.1, 0.15) is 11.0 Å². The van der Waals surface area contributed by atoms with Crippen molar-refractivity contribution in [2.75, 3.05) is 39.3 Å². The molecule has 5 rings (SSSR count). The molecule has 2 aromatic rings. The lowest BCUT2D eigenvalue weighted by molar-refractivity contribution is -0.189. The third-order valence-corrected chi connectivity index (χ3v) is 8.70. The van der Waals surface area contributed by atoms with Crippen LogP contribution >= 0.6 is 11.6 Å². The van der Waals surface area contributed by atoms with E-state index in [2.05, 4.69) is 9.79 Å². The lowest BCUT2D eigenvalue weighted by atomic mass is 10.0. The van der Waals surface area contributed by atoms with Gasteiger partial charge in [-0.25, -0.2) is 13.3 Å². The molecule has 3 saturated heterocycles. The summed E-state index contributed by atoms with van der Waals surface area (Å²) in [5.41, 5.74) is 0. The zero-order valence-electron chi connectivity index (χ0n) is 21.6. The molecule has 0 spiro atoms. The first-order chi connectivity index (χ1) is 18.1. The molecule has 3 aliphatic heterocycles. The van der Waals surface area contributed by atoms with E-state index in [1.165, 1.54) is 38.8 Å². The number of hydrogen-bond acceptors (Lipinski definition) is 5. The van der Waals surface area contributed by atoms with Crippen molar-refractivity contribution in [3.8, 4) is 0 Å². The van der Waals surface area contributed by atoms with Crippen LogP contribution in [0.2, 0.25) is 5.02 Å². The predicted octanol–water partition coefficient (Wildman–Crippen LogP) is 6.08. The minimum atomic E-state index is -1.00. The van der Waals surface area contributed by atoms with Gasteiger partial charge in [0.15, 0.2) is 0 Å². The Morgan fingerprint density at radius 2 is 1.27 bits per heavy atom. The number of hydrogen-bond donors (Lipinski definition) is 1. The van der Waals surface area contributed by atoms with Crippen LogP contribution < -0.4 is 0 Å². The van der Waals surface area contributed by atoms with Crippen LogP contribution in [0, 0.1) is 0 Å². The third-order valence-electron chi connectivity index (χ3n) is 6.94. The van der Waals surface area contributed by atoms with Gasteiger partial charge < -0.3 is 9.80 Å². The Labute approximate surface area is 228 Å². The summed E-state index contributed by atoms with van der Waals surface area (Å²) in [6.07, 6.45) is 8.90. The van der Waals surface area contributed by atoms with Crippen molar-refractivity contribution in [3.05, 3.63) is 65.7 Å². The summed E-state index contributed by atoms with van der Waals surface area (Å²) in [4.78, 5) is 19.8. The number of nitrogens with zero attached hydrogens (tertiary/aromatic N) is 3. The predicted molar refractivity (Wildman–Crippen MR) is 149 cm³/mol. The number of amides is 1. The van der Waals surface area contributed by atoms with Gasteiger partial charge in [-0.15, -0.1) is 0 Å². The molecule has 3 aliphatic rings. The van der Waals surface area contributed by atoms with Crippen LogP contribution in [0.3, 0.4) is 0 Å². The number of carbonyl (C=O) groups is 1. The SMILES string of the molecule is O=C(OO)N1CCC(N2CCCCC2)CC1.O=S(c1ccc(Cl)cc1)N1CCCCC1.c1ccccc1. The average molecular weight is 550 g/mol. The van der Waals surface area contributed by atoms with Crippen molar-refractivity contribution in [2.24, 2.45) is 0 Å². The maximum Gasteiger partial charge on any atom is 0.441 e. The zero-order chi connectivity index (χ0) is 26.3. The summed E-state index contributed by atoms with van der Waals surface area (Å²) in [6, 6.07) is 19.9. The zero-order valence-corrected chi connectivity index (χ0v) is 23.1. The Morgan fingerprint density at radius 3 is 1.76 bits per heavy atom. The Kier molecular flexibility index (Phi) is 13.4. The third kappa shape index (κ3) is 10.4. The molecule has 0 aromatic heterocycles. The monoisotopic (exact) mass is 549 g/mol. The highest BCUT2D eigenvalue weighted by atomic mass is 35.5. The van der Waals surface area contributed by atoms with Gasteiger partial charge in [0, 0.05) is 37.2 Å². The molecule has 7 nitrogen and oxygen atoms in total. The highest BCUT2D eigenvalue weighted by Gasteiger charge is 2.28. The van der Waals surface area contributed by atoms with Crippen molar-refractivity contribution < 1.29 is 19.1 Å². The van der Waals surface area contributed by atoms with Gasteiger partial charge >= 0.3 is 6.09 Å². The van der Waals surface area contributed by atoms with Gasteiger partial charge in [-0.2, -0.15) is 5.26 Å². The summed E-state index contributed by atoms with van der Waals surface area (Å²) in [5.74, 6) is 0. The van der Waals surface area contributed by atoms with Crippen LogP contribution in [0.5, 0.6) is 0 Å². The summed E-state index contributed by atoms with van der Waals surface area (Å²) in [6.45, 7) is 5.68. The van der Waals surface area contributed by atoms with E-state index < -0.39 is 17.1 Å². The lowest BCUT2D eigenvalue weighted by Crippen LogP contribution is -2.48. The summed E-state index contributed by atoms with van der Waals surface area (Å²) in [5, 5.41) is 8.99. The molecular weight excluding hydrogens is 510 g/mol. The van der Waals surface area contributed by atoms with Gasteiger partial charge in [-0.05, 0) is 75.9 Å². The highest BCUT2D eigenvalue weighted by Crippen LogP contribution is 2.21. The van der Waals surface area contributed by atoms with Crippen molar-refractivity contribution >= 4 is 28.7 Å². The molecule has 3 fully saturated rings. The van der Waals surface area contributed by atoms with Crippen LogP contribution in [-0.2, 0) is 15.9 Å². The van der Waals surface area contributed by atoms with E-state index >= 15 is 0 Å². The molecule has 204 valence electrons. The van der Waals surface area contributed by atoms with E-state index in [4.69, 9.17) is 16.9 Å². The average Bonchev–Trinajstić information content (AvgIpc) is 2.99. The molecule has 1 unspecified atom stereocenters.